The molecule has 0 atom stereocenters. The summed E-state index contributed by atoms with van der Waals surface area (Å²) in [7, 11) is 0. The van der Waals surface area contributed by atoms with E-state index < -0.39 is 22.4 Å². The molecule has 6 heteroatoms. The van der Waals surface area contributed by atoms with Crippen LogP contribution in [0, 0.1) is 10.1 Å². The molecule has 0 fully saturated rings. The van der Waals surface area contributed by atoms with Crippen LogP contribution in [0.3, 0.4) is 0 Å². The van der Waals surface area contributed by atoms with E-state index in [9.17, 15) is 23.3 Å². The van der Waals surface area contributed by atoms with Crippen molar-refractivity contribution in [1.82, 2.24) is 0 Å². The highest BCUT2D eigenvalue weighted by atomic mass is 19.4. The fourth-order valence-electron chi connectivity index (χ4n) is 1.36. The SMILES string of the molecule is C=CCc1cccc(C(F)(F)F)c1[N+](=O)[O-]. The summed E-state index contributed by atoms with van der Waals surface area (Å²) >= 11 is 0. The first-order chi connectivity index (χ1) is 7.38. The Morgan fingerprint density at radius 3 is 2.50 bits per heavy atom. The van der Waals surface area contributed by atoms with Crippen molar-refractivity contribution in [3.05, 3.63) is 52.1 Å². The van der Waals surface area contributed by atoms with E-state index >= 15 is 0 Å². The molecule has 0 unspecified atom stereocenters. The maximum Gasteiger partial charge on any atom is 0.423 e. The van der Waals surface area contributed by atoms with E-state index in [1.54, 1.807) is 0 Å². The summed E-state index contributed by atoms with van der Waals surface area (Å²) in [6.45, 7) is 3.34. The van der Waals surface area contributed by atoms with Crippen LogP contribution in [0.5, 0.6) is 0 Å². The number of nitro benzene ring substituents is 1. The van der Waals surface area contributed by atoms with Gasteiger partial charge >= 0.3 is 6.18 Å². The average molecular weight is 231 g/mol. The predicted octanol–water partition coefficient (Wildman–Crippen LogP) is 3.34. The number of benzene rings is 1. The Morgan fingerprint density at radius 2 is 2.06 bits per heavy atom. The van der Waals surface area contributed by atoms with Crippen LogP contribution < -0.4 is 0 Å². The third-order valence-corrected chi connectivity index (χ3v) is 1.97. The lowest BCUT2D eigenvalue weighted by Gasteiger charge is -2.09. The van der Waals surface area contributed by atoms with Gasteiger partial charge in [-0.05, 0) is 12.5 Å². The van der Waals surface area contributed by atoms with Gasteiger partial charge in [-0.1, -0.05) is 18.2 Å². The van der Waals surface area contributed by atoms with Crippen LogP contribution in [0.1, 0.15) is 11.1 Å². The topological polar surface area (TPSA) is 43.1 Å². The third-order valence-electron chi connectivity index (χ3n) is 1.97. The van der Waals surface area contributed by atoms with Crippen LogP contribution in [0.15, 0.2) is 30.9 Å². The smallest absolute Gasteiger partial charge is 0.258 e. The molecule has 1 rings (SSSR count). The van der Waals surface area contributed by atoms with Gasteiger partial charge in [0.05, 0.1) is 4.92 Å². The molecule has 3 nitrogen and oxygen atoms in total. The van der Waals surface area contributed by atoms with E-state index in [1.807, 2.05) is 0 Å². The minimum Gasteiger partial charge on any atom is -0.258 e. The van der Waals surface area contributed by atoms with Gasteiger partial charge < -0.3 is 0 Å². The number of halogens is 3. The van der Waals surface area contributed by atoms with Gasteiger partial charge in [-0.3, -0.25) is 10.1 Å². The zero-order chi connectivity index (χ0) is 12.3. The summed E-state index contributed by atoms with van der Waals surface area (Å²) in [4.78, 5) is 9.62. The molecule has 0 radical (unpaired) electrons. The molecule has 0 N–H and O–H groups in total. The molecule has 0 aliphatic heterocycles. The van der Waals surface area contributed by atoms with E-state index in [0.717, 1.165) is 6.07 Å². The number of nitro groups is 1. The van der Waals surface area contributed by atoms with E-state index in [2.05, 4.69) is 6.58 Å². The van der Waals surface area contributed by atoms with Gasteiger partial charge in [0.15, 0.2) is 0 Å². The minimum absolute atomic E-state index is 0.00910. The number of nitrogens with zero attached hydrogens (tertiary/aromatic N) is 1. The summed E-state index contributed by atoms with van der Waals surface area (Å²) in [6, 6.07) is 3.13. The number of hydrogen-bond acceptors (Lipinski definition) is 2. The van der Waals surface area contributed by atoms with Crippen LogP contribution in [-0.2, 0) is 12.6 Å². The van der Waals surface area contributed by atoms with Crippen LogP contribution in [0.2, 0.25) is 0 Å². The first-order valence-corrected chi connectivity index (χ1v) is 4.32. The minimum atomic E-state index is -4.72. The number of rotatable bonds is 3. The van der Waals surface area contributed by atoms with Crippen LogP contribution in [0.4, 0.5) is 18.9 Å². The second-order valence-corrected chi connectivity index (χ2v) is 3.06. The molecule has 0 aliphatic carbocycles. The van der Waals surface area contributed by atoms with Crippen molar-refractivity contribution in [3.63, 3.8) is 0 Å². The molecule has 1 aromatic carbocycles. The molecular formula is C10H8F3NO2. The summed E-state index contributed by atoms with van der Waals surface area (Å²) in [5, 5.41) is 10.6. The lowest BCUT2D eigenvalue weighted by atomic mass is 10.0. The zero-order valence-corrected chi connectivity index (χ0v) is 8.12. The second kappa shape index (κ2) is 4.34. The third kappa shape index (κ3) is 2.39. The van der Waals surface area contributed by atoms with Crippen LogP contribution in [0.25, 0.3) is 0 Å². The standard InChI is InChI=1S/C10H8F3NO2/c1-2-4-7-5-3-6-8(10(11,12)13)9(7)14(15)16/h2-3,5-6H,1,4H2. The van der Waals surface area contributed by atoms with Gasteiger partial charge in [0.1, 0.15) is 5.56 Å². The van der Waals surface area contributed by atoms with E-state index in [0.29, 0.717) is 6.07 Å². The van der Waals surface area contributed by atoms with Gasteiger partial charge in [-0.15, -0.1) is 6.58 Å². The predicted molar refractivity (Wildman–Crippen MR) is 52.0 cm³/mol. The molecular weight excluding hydrogens is 223 g/mol. The van der Waals surface area contributed by atoms with Crippen molar-refractivity contribution < 1.29 is 18.1 Å². The Labute approximate surface area is 89.4 Å². The number of alkyl halides is 3. The molecule has 0 bridgehead atoms. The lowest BCUT2D eigenvalue weighted by Crippen LogP contribution is -2.10. The van der Waals surface area contributed by atoms with Crippen molar-refractivity contribution in [3.8, 4) is 0 Å². The molecule has 16 heavy (non-hydrogen) atoms. The molecule has 1 aromatic rings. The Balaban J connectivity index is 3.44. The maximum atomic E-state index is 12.5. The van der Waals surface area contributed by atoms with E-state index in [1.165, 1.54) is 12.1 Å². The highest BCUT2D eigenvalue weighted by molar-refractivity contribution is 5.50. The average Bonchev–Trinajstić information content (AvgIpc) is 2.16. The van der Waals surface area contributed by atoms with Gasteiger partial charge in [0, 0.05) is 5.56 Å². The first-order valence-electron chi connectivity index (χ1n) is 4.32. The number of para-hydroxylation sites is 1. The van der Waals surface area contributed by atoms with Crippen LogP contribution >= 0.6 is 0 Å². The first kappa shape index (κ1) is 12.2. The Bertz CT molecular complexity index is 427. The molecule has 0 aromatic heterocycles. The number of hydrogen-bond donors (Lipinski definition) is 0. The zero-order valence-electron chi connectivity index (χ0n) is 8.12. The number of allylic oxidation sites excluding steroid dienone is 1. The normalized spacial score (nSPS) is 11.2. The molecule has 86 valence electrons. The van der Waals surface area contributed by atoms with Crippen molar-refractivity contribution in [1.29, 1.82) is 0 Å². The van der Waals surface area contributed by atoms with E-state index in [-0.39, 0.29) is 12.0 Å². The summed E-state index contributed by atoms with van der Waals surface area (Å²) in [5.41, 5.74) is -2.11. The maximum absolute atomic E-state index is 12.5. The van der Waals surface area contributed by atoms with Crippen molar-refractivity contribution in [2.45, 2.75) is 12.6 Å². The van der Waals surface area contributed by atoms with E-state index in [4.69, 9.17) is 0 Å². The highest BCUT2D eigenvalue weighted by Crippen LogP contribution is 2.37. The molecule has 0 saturated heterocycles. The summed E-state index contributed by atoms with van der Waals surface area (Å²) < 4.78 is 37.5. The van der Waals surface area contributed by atoms with Crippen molar-refractivity contribution in [2.24, 2.45) is 0 Å². The molecule has 0 spiro atoms. The largest absolute Gasteiger partial charge is 0.423 e. The van der Waals surface area contributed by atoms with Gasteiger partial charge in [-0.2, -0.15) is 13.2 Å². The summed E-state index contributed by atoms with van der Waals surface area (Å²) in [5.74, 6) is 0. The molecule has 0 heterocycles. The molecule has 0 saturated carbocycles. The molecule has 0 aliphatic rings. The van der Waals surface area contributed by atoms with Crippen LogP contribution in [-0.4, -0.2) is 4.92 Å². The Morgan fingerprint density at radius 1 is 1.44 bits per heavy atom. The summed E-state index contributed by atoms with van der Waals surface area (Å²) in [6.07, 6.45) is -3.37. The van der Waals surface area contributed by atoms with Crippen molar-refractivity contribution >= 4 is 5.69 Å². The van der Waals surface area contributed by atoms with Gasteiger partial charge in [0.25, 0.3) is 5.69 Å². The van der Waals surface area contributed by atoms with Gasteiger partial charge in [-0.25, -0.2) is 0 Å². The monoisotopic (exact) mass is 231 g/mol. The Kier molecular flexibility index (Phi) is 3.31. The molecule has 0 amide bonds. The lowest BCUT2D eigenvalue weighted by molar-refractivity contribution is -0.388. The fraction of sp³-hybridized carbons (Fsp3) is 0.200. The fourth-order valence-corrected chi connectivity index (χ4v) is 1.36. The van der Waals surface area contributed by atoms with Gasteiger partial charge in [0.2, 0.25) is 0 Å². The van der Waals surface area contributed by atoms with Crippen molar-refractivity contribution in [2.75, 3.05) is 0 Å². The highest BCUT2D eigenvalue weighted by Gasteiger charge is 2.39. The Hall–Kier alpha value is -1.85. The quantitative estimate of drug-likeness (QED) is 0.455. The second-order valence-electron chi connectivity index (χ2n) is 3.06.